The van der Waals surface area contributed by atoms with Gasteiger partial charge >= 0.3 is 0 Å². The van der Waals surface area contributed by atoms with E-state index in [4.69, 9.17) is 4.98 Å². The van der Waals surface area contributed by atoms with Crippen LogP contribution in [-0.4, -0.2) is 58.8 Å². The minimum atomic E-state index is -0.400. The molecule has 1 aliphatic heterocycles. The predicted molar refractivity (Wildman–Crippen MR) is 155 cm³/mol. The zero-order chi connectivity index (χ0) is 27.4. The van der Waals surface area contributed by atoms with Gasteiger partial charge in [0.05, 0.1) is 15.6 Å². The summed E-state index contributed by atoms with van der Waals surface area (Å²) in [5.41, 5.74) is 6.23. The summed E-state index contributed by atoms with van der Waals surface area (Å²) >= 11 is 1.52. The number of likely N-dealkylation sites (N-methyl/N-ethyl adjacent to an activating group) is 1. The Kier molecular flexibility index (Phi) is 8.11. The van der Waals surface area contributed by atoms with Crippen molar-refractivity contribution in [3.8, 4) is 11.3 Å². The molecule has 9 heteroatoms. The highest BCUT2D eigenvalue weighted by Crippen LogP contribution is 2.27. The number of hydrogen-bond acceptors (Lipinski definition) is 7. The monoisotopic (exact) mass is 541 g/mol. The molecule has 0 atom stereocenters. The van der Waals surface area contributed by atoms with Crippen molar-refractivity contribution in [2.75, 3.05) is 38.5 Å². The molecule has 0 unspecified atom stereocenters. The van der Waals surface area contributed by atoms with Gasteiger partial charge in [-0.05, 0) is 54.9 Å². The van der Waals surface area contributed by atoms with Crippen LogP contribution >= 0.6 is 11.3 Å². The van der Waals surface area contributed by atoms with E-state index in [9.17, 15) is 14.9 Å². The van der Waals surface area contributed by atoms with Gasteiger partial charge in [-0.3, -0.25) is 19.8 Å². The third kappa shape index (κ3) is 6.75. The van der Waals surface area contributed by atoms with E-state index in [1.54, 1.807) is 12.1 Å². The lowest BCUT2D eigenvalue weighted by Gasteiger charge is -2.32. The first-order chi connectivity index (χ1) is 18.8. The first-order valence-corrected chi connectivity index (χ1v) is 13.8. The Morgan fingerprint density at radius 1 is 1.05 bits per heavy atom. The maximum Gasteiger partial charge on any atom is 0.270 e. The van der Waals surface area contributed by atoms with Crippen LogP contribution in [0, 0.1) is 17.0 Å². The van der Waals surface area contributed by atoms with Crippen LogP contribution in [-0.2, 0) is 13.0 Å². The fourth-order valence-electron chi connectivity index (χ4n) is 4.64. The molecule has 0 bridgehead atoms. The number of carbonyl (C=O) groups is 1. The van der Waals surface area contributed by atoms with Crippen LogP contribution in [0.1, 0.15) is 32.1 Å². The number of nitrogens with zero attached hydrogens (tertiary/aromatic N) is 4. The van der Waals surface area contributed by atoms with Crippen molar-refractivity contribution in [1.82, 2.24) is 14.8 Å². The fraction of sp³-hybridized carbons (Fsp3) is 0.267. The zero-order valence-electron chi connectivity index (χ0n) is 22.1. The second kappa shape index (κ2) is 11.9. The third-order valence-electron chi connectivity index (χ3n) is 7.07. The molecule has 1 saturated heterocycles. The van der Waals surface area contributed by atoms with Gasteiger partial charge in [-0.1, -0.05) is 30.3 Å². The molecule has 0 spiro atoms. The van der Waals surface area contributed by atoms with Crippen molar-refractivity contribution in [2.45, 2.75) is 19.9 Å². The Balaban J connectivity index is 1.22. The van der Waals surface area contributed by atoms with E-state index in [0.717, 1.165) is 65.8 Å². The van der Waals surface area contributed by atoms with E-state index < -0.39 is 4.92 Å². The maximum atomic E-state index is 13.0. The number of non-ortho nitro benzene ring substituents is 1. The molecule has 2 heterocycles. The molecule has 200 valence electrons. The van der Waals surface area contributed by atoms with Crippen LogP contribution in [0.25, 0.3) is 11.3 Å². The van der Waals surface area contributed by atoms with E-state index in [-0.39, 0.29) is 11.6 Å². The average Bonchev–Trinajstić information content (AvgIpc) is 3.41. The second-order valence-corrected chi connectivity index (χ2v) is 10.9. The molecule has 0 radical (unpaired) electrons. The van der Waals surface area contributed by atoms with Gasteiger partial charge in [0.2, 0.25) is 0 Å². The Bertz CT molecular complexity index is 1480. The number of nitro groups is 1. The largest absolute Gasteiger partial charge is 0.322 e. The summed E-state index contributed by atoms with van der Waals surface area (Å²) in [6, 6.07) is 20.3. The Morgan fingerprint density at radius 2 is 1.82 bits per heavy atom. The number of hydrogen-bond donors (Lipinski definition) is 1. The molecule has 1 fully saturated rings. The van der Waals surface area contributed by atoms with Crippen molar-refractivity contribution in [2.24, 2.45) is 0 Å². The fourth-order valence-corrected chi connectivity index (χ4v) is 5.46. The van der Waals surface area contributed by atoms with Gasteiger partial charge in [0.15, 0.2) is 0 Å². The molecule has 5 rings (SSSR count). The Hall–Kier alpha value is -3.92. The summed E-state index contributed by atoms with van der Waals surface area (Å²) in [6.07, 6.45) is 0.607. The van der Waals surface area contributed by atoms with Gasteiger partial charge in [-0.2, -0.15) is 0 Å². The number of nitro benzene ring substituents is 1. The second-order valence-electron chi connectivity index (χ2n) is 9.98. The first-order valence-electron chi connectivity index (χ1n) is 12.9. The summed E-state index contributed by atoms with van der Waals surface area (Å²) in [6.45, 7) is 7.23. The molecule has 3 aromatic carbocycles. The molecule has 1 aliphatic rings. The smallest absolute Gasteiger partial charge is 0.270 e. The molecular formula is C30H31N5O3S. The zero-order valence-corrected chi connectivity index (χ0v) is 22.9. The molecule has 4 aromatic rings. The maximum absolute atomic E-state index is 13.0. The molecule has 39 heavy (non-hydrogen) atoms. The number of carbonyl (C=O) groups excluding carboxylic acids is 1. The Morgan fingerprint density at radius 3 is 2.56 bits per heavy atom. The molecule has 0 aliphatic carbocycles. The minimum absolute atomic E-state index is 0.0472. The van der Waals surface area contributed by atoms with Crippen LogP contribution in [0.3, 0.4) is 0 Å². The van der Waals surface area contributed by atoms with Crippen LogP contribution in [0.4, 0.5) is 11.4 Å². The summed E-state index contributed by atoms with van der Waals surface area (Å²) in [5, 5.41) is 17.0. The summed E-state index contributed by atoms with van der Waals surface area (Å²) < 4.78 is 0. The first kappa shape index (κ1) is 26.7. The number of benzene rings is 3. The molecule has 8 nitrogen and oxygen atoms in total. The van der Waals surface area contributed by atoms with E-state index in [2.05, 4.69) is 22.2 Å². The number of thiazole rings is 1. The van der Waals surface area contributed by atoms with E-state index in [1.807, 2.05) is 60.8 Å². The lowest BCUT2D eigenvalue weighted by molar-refractivity contribution is -0.384. The van der Waals surface area contributed by atoms with Gasteiger partial charge in [0.25, 0.3) is 11.6 Å². The van der Waals surface area contributed by atoms with E-state index >= 15 is 0 Å². The Labute approximate surface area is 232 Å². The van der Waals surface area contributed by atoms with Crippen LogP contribution < -0.4 is 5.32 Å². The number of anilines is 1. The van der Waals surface area contributed by atoms with Gasteiger partial charge < -0.3 is 10.2 Å². The average molecular weight is 542 g/mol. The van der Waals surface area contributed by atoms with E-state index in [1.165, 1.54) is 23.0 Å². The quantitative estimate of drug-likeness (QED) is 0.230. The van der Waals surface area contributed by atoms with Crippen molar-refractivity contribution in [3.05, 3.63) is 109 Å². The third-order valence-corrected chi connectivity index (χ3v) is 7.92. The molecular weight excluding hydrogens is 510 g/mol. The van der Waals surface area contributed by atoms with Crippen molar-refractivity contribution < 1.29 is 9.72 Å². The van der Waals surface area contributed by atoms with Gasteiger partial charge in [0, 0.05) is 73.5 Å². The predicted octanol–water partition coefficient (Wildman–Crippen LogP) is 5.62. The van der Waals surface area contributed by atoms with Crippen LogP contribution in [0.15, 0.2) is 72.1 Å². The van der Waals surface area contributed by atoms with Crippen molar-refractivity contribution in [1.29, 1.82) is 0 Å². The van der Waals surface area contributed by atoms with Crippen LogP contribution in [0.5, 0.6) is 0 Å². The number of amides is 1. The number of piperazine rings is 1. The highest BCUT2D eigenvalue weighted by molar-refractivity contribution is 7.10. The van der Waals surface area contributed by atoms with Gasteiger partial charge in [-0.25, -0.2) is 4.98 Å². The van der Waals surface area contributed by atoms with E-state index in [0.29, 0.717) is 12.0 Å². The highest BCUT2D eigenvalue weighted by Gasteiger charge is 2.15. The molecule has 0 saturated carbocycles. The molecule has 1 N–H and O–H groups in total. The van der Waals surface area contributed by atoms with Gasteiger partial charge in [-0.15, -0.1) is 11.3 Å². The molecule has 1 amide bonds. The number of nitrogens with one attached hydrogen (secondary N) is 1. The number of aromatic nitrogens is 1. The summed E-state index contributed by atoms with van der Waals surface area (Å²) in [4.78, 5) is 33.2. The van der Waals surface area contributed by atoms with Crippen LogP contribution in [0.2, 0.25) is 0 Å². The normalized spacial score (nSPS) is 14.3. The highest BCUT2D eigenvalue weighted by atomic mass is 32.1. The molecule has 1 aromatic heterocycles. The minimum Gasteiger partial charge on any atom is -0.322 e. The van der Waals surface area contributed by atoms with Crippen molar-refractivity contribution in [3.63, 3.8) is 0 Å². The standard InChI is InChI=1S/C30H31N5O3S/c1-21-6-11-26(31-30(36)23-9-7-22(8-10-23)19-34-14-12-33(2)13-15-34)16-25(21)18-29-32-28(20-39-29)24-4-3-5-27(17-24)35(37)38/h3-11,16-17,20H,12-15,18-19H2,1-2H3,(H,31,36). The lowest BCUT2D eigenvalue weighted by atomic mass is 10.0. The SMILES string of the molecule is Cc1ccc(NC(=O)c2ccc(CN3CCN(C)CC3)cc2)cc1Cc1nc(-c2cccc([N+](=O)[O-])c2)cs1. The summed E-state index contributed by atoms with van der Waals surface area (Å²) in [5.74, 6) is -0.141. The number of rotatable bonds is 8. The topological polar surface area (TPSA) is 91.6 Å². The van der Waals surface area contributed by atoms with Crippen molar-refractivity contribution >= 4 is 28.6 Å². The number of aryl methyl sites for hydroxylation is 1. The van der Waals surface area contributed by atoms with Gasteiger partial charge in [0.1, 0.15) is 0 Å². The lowest BCUT2D eigenvalue weighted by Crippen LogP contribution is -2.43. The summed E-state index contributed by atoms with van der Waals surface area (Å²) in [7, 11) is 2.15.